The van der Waals surface area contributed by atoms with E-state index in [2.05, 4.69) is 20.7 Å². The van der Waals surface area contributed by atoms with Crippen LogP contribution in [0, 0.1) is 0 Å². The van der Waals surface area contributed by atoms with Gasteiger partial charge in [-0.2, -0.15) is 10.1 Å². The molecule has 0 atom stereocenters. The molecular formula is C19H24N6O2. The standard InChI is InChI=1S/C19H24N6O2/c1-12(26)25-10-7-14-11-15(3-4-16(14)25)18(27)22-19-21-17(23-24(19)2)13-5-8-20-9-6-13/h3-4,11,13,20H,5-10H2,1-2H3,(H,21,22,23,27). The number of carbonyl (C=O) groups excluding carboxylic acids is 2. The van der Waals surface area contributed by atoms with E-state index in [1.807, 2.05) is 12.1 Å². The molecule has 0 aliphatic carbocycles. The largest absolute Gasteiger partial charge is 0.317 e. The number of rotatable bonds is 3. The van der Waals surface area contributed by atoms with Crippen molar-refractivity contribution in [1.82, 2.24) is 20.1 Å². The van der Waals surface area contributed by atoms with Crippen LogP contribution in [0.25, 0.3) is 0 Å². The molecule has 142 valence electrons. The molecule has 4 rings (SSSR count). The van der Waals surface area contributed by atoms with Crippen LogP contribution in [-0.4, -0.2) is 46.2 Å². The first-order valence-corrected chi connectivity index (χ1v) is 9.37. The Morgan fingerprint density at radius 2 is 2.04 bits per heavy atom. The summed E-state index contributed by atoms with van der Waals surface area (Å²) in [6.07, 6.45) is 2.78. The van der Waals surface area contributed by atoms with Crippen LogP contribution in [0.15, 0.2) is 18.2 Å². The molecule has 0 unspecified atom stereocenters. The molecule has 1 fully saturated rings. The quantitative estimate of drug-likeness (QED) is 0.855. The van der Waals surface area contributed by atoms with E-state index < -0.39 is 0 Å². The summed E-state index contributed by atoms with van der Waals surface area (Å²) in [4.78, 5) is 30.6. The second-order valence-corrected chi connectivity index (χ2v) is 7.16. The molecule has 8 heteroatoms. The number of aryl methyl sites for hydroxylation is 1. The SMILES string of the molecule is CC(=O)N1CCc2cc(C(=O)Nc3nc(C4CCNCC4)nn3C)ccc21. The number of amides is 2. The van der Waals surface area contributed by atoms with Crippen LogP contribution >= 0.6 is 0 Å². The van der Waals surface area contributed by atoms with Crippen LogP contribution < -0.4 is 15.5 Å². The Hall–Kier alpha value is -2.74. The maximum absolute atomic E-state index is 12.7. The summed E-state index contributed by atoms with van der Waals surface area (Å²) >= 11 is 0. The van der Waals surface area contributed by atoms with Crippen molar-refractivity contribution >= 4 is 23.5 Å². The predicted molar refractivity (Wildman–Crippen MR) is 102 cm³/mol. The minimum atomic E-state index is -0.216. The van der Waals surface area contributed by atoms with E-state index in [-0.39, 0.29) is 11.8 Å². The monoisotopic (exact) mass is 368 g/mol. The summed E-state index contributed by atoms with van der Waals surface area (Å²) in [5.74, 6) is 1.39. The van der Waals surface area contributed by atoms with Crippen molar-refractivity contribution in [3.8, 4) is 0 Å². The van der Waals surface area contributed by atoms with Crippen LogP contribution in [0.1, 0.15) is 47.4 Å². The molecule has 2 aliphatic rings. The number of fused-ring (bicyclic) bond motifs is 1. The van der Waals surface area contributed by atoms with Crippen molar-refractivity contribution in [3.63, 3.8) is 0 Å². The van der Waals surface area contributed by atoms with Gasteiger partial charge in [0.15, 0.2) is 5.82 Å². The van der Waals surface area contributed by atoms with Gasteiger partial charge < -0.3 is 10.2 Å². The lowest BCUT2D eigenvalue weighted by Crippen LogP contribution is -2.27. The Morgan fingerprint density at radius 3 is 2.78 bits per heavy atom. The number of benzene rings is 1. The van der Waals surface area contributed by atoms with E-state index in [0.29, 0.717) is 24.0 Å². The molecule has 2 aliphatic heterocycles. The highest BCUT2D eigenvalue weighted by molar-refractivity contribution is 6.04. The van der Waals surface area contributed by atoms with E-state index in [0.717, 1.165) is 49.4 Å². The molecule has 1 aromatic carbocycles. The minimum Gasteiger partial charge on any atom is -0.317 e. The number of carbonyl (C=O) groups is 2. The highest BCUT2D eigenvalue weighted by Gasteiger charge is 2.24. The second kappa shape index (κ2) is 7.11. The lowest BCUT2D eigenvalue weighted by molar-refractivity contribution is -0.116. The normalized spacial score (nSPS) is 17.0. The number of hydrogen-bond acceptors (Lipinski definition) is 5. The van der Waals surface area contributed by atoms with Gasteiger partial charge in [0.2, 0.25) is 11.9 Å². The summed E-state index contributed by atoms with van der Waals surface area (Å²) in [6, 6.07) is 5.45. The lowest BCUT2D eigenvalue weighted by atomic mass is 9.98. The van der Waals surface area contributed by atoms with E-state index in [1.165, 1.54) is 0 Å². The Morgan fingerprint density at radius 1 is 1.26 bits per heavy atom. The van der Waals surface area contributed by atoms with Crippen molar-refractivity contribution in [3.05, 3.63) is 35.2 Å². The first-order valence-electron chi connectivity index (χ1n) is 9.37. The Bertz CT molecular complexity index is 884. The summed E-state index contributed by atoms with van der Waals surface area (Å²) in [5, 5.41) is 10.7. The second-order valence-electron chi connectivity index (χ2n) is 7.16. The molecule has 0 radical (unpaired) electrons. The predicted octanol–water partition coefficient (Wildman–Crippen LogP) is 1.44. The summed E-state index contributed by atoms with van der Waals surface area (Å²) in [7, 11) is 1.79. The fourth-order valence-corrected chi connectivity index (χ4v) is 3.81. The average Bonchev–Trinajstić information content (AvgIpc) is 3.26. The van der Waals surface area contributed by atoms with Crippen LogP contribution in [0.2, 0.25) is 0 Å². The molecule has 1 aromatic heterocycles. The molecule has 0 bridgehead atoms. The van der Waals surface area contributed by atoms with Crippen molar-refractivity contribution in [2.45, 2.75) is 32.1 Å². The number of hydrogen-bond donors (Lipinski definition) is 2. The van der Waals surface area contributed by atoms with Gasteiger partial charge in [-0.15, -0.1) is 0 Å². The zero-order valence-electron chi connectivity index (χ0n) is 15.7. The lowest BCUT2D eigenvalue weighted by Gasteiger charge is -2.19. The first kappa shape index (κ1) is 17.7. The van der Waals surface area contributed by atoms with Gasteiger partial charge >= 0.3 is 0 Å². The molecule has 1 saturated heterocycles. The van der Waals surface area contributed by atoms with Gasteiger partial charge in [0.1, 0.15) is 0 Å². The summed E-state index contributed by atoms with van der Waals surface area (Å²) in [5.41, 5.74) is 2.47. The molecule has 2 aromatic rings. The molecule has 8 nitrogen and oxygen atoms in total. The number of anilines is 2. The average molecular weight is 368 g/mol. The van der Waals surface area contributed by atoms with Crippen molar-refractivity contribution in [2.24, 2.45) is 7.05 Å². The van der Waals surface area contributed by atoms with Crippen LogP contribution in [0.5, 0.6) is 0 Å². The third-order valence-corrected chi connectivity index (χ3v) is 5.33. The van der Waals surface area contributed by atoms with Gasteiger partial charge in [-0.05, 0) is 56.1 Å². The fourth-order valence-electron chi connectivity index (χ4n) is 3.81. The van der Waals surface area contributed by atoms with Gasteiger partial charge in [-0.3, -0.25) is 14.9 Å². The van der Waals surface area contributed by atoms with Gasteiger partial charge in [-0.1, -0.05) is 0 Å². The molecule has 2 N–H and O–H groups in total. The maximum Gasteiger partial charge on any atom is 0.258 e. The molecule has 2 amide bonds. The van der Waals surface area contributed by atoms with Crippen molar-refractivity contribution < 1.29 is 9.59 Å². The fraction of sp³-hybridized carbons (Fsp3) is 0.474. The summed E-state index contributed by atoms with van der Waals surface area (Å²) in [6.45, 7) is 4.16. The number of aromatic nitrogens is 3. The van der Waals surface area contributed by atoms with E-state index in [4.69, 9.17) is 0 Å². The van der Waals surface area contributed by atoms with Gasteiger partial charge in [0.05, 0.1) is 0 Å². The summed E-state index contributed by atoms with van der Waals surface area (Å²) < 4.78 is 1.63. The van der Waals surface area contributed by atoms with Crippen LogP contribution in [-0.2, 0) is 18.3 Å². The van der Waals surface area contributed by atoms with Gasteiger partial charge in [-0.25, -0.2) is 4.68 Å². The molecule has 27 heavy (non-hydrogen) atoms. The highest BCUT2D eigenvalue weighted by Crippen LogP contribution is 2.29. The van der Waals surface area contributed by atoms with Crippen LogP contribution in [0.4, 0.5) is 11.6 Å². The van der Waals surface area contributed by atoms with Crippen molar-refractivity contribution in [1.29, 1.82) is 0 Å². The third-order valence-electron chi connectivity index (χ3n) is 5.33. The minimum absolute atomic E-state index is 0.0236. The van der Waals surface area contributed by atoms with Crippen LogP contribution in [0.3, 0.4) is 0 Å². The van der Waals surface area contributed by atoms with Gasteiger partial charge in [0, 0.05) is 37.7 Å². The zero-order valence-corrected chi connectivity index (χ0v) is 15.7. The molecular weight excluding hydrogens is 344 g/mol. The smallest absolute Gasteiger partial charge is 0.258 e. The van der Waals surface area contributed by atoms with E-state index >= 15 is 0 Å². The molecule has 0 spiro atoms. The Balaban J connectivity index is 1.50. The number of nitrogens with zero attached hydrogens (tertiary/aromatic N) is 4. The third kappa shape index (κ3) is 3.44. The van der Waals surface area contributed by atoms with Crippen molar-refractivity contribution in [2.75, 3.05) is 29.9 Å². The molecule has 0 saturated carbocycles. The number of nitrogens with one attached hydrogen (secondary N) is 2. The Kier molecular flexibility index (Phi) is 4.65. The molecule has 3 heterocycles. The maximum atomic E-state index is 12.7. The highest BCUT2D eigenvalue weighted by atomic mass is 16.2. The first-order chi connectivity index (χ1) is 13.0. The Labute approximate surface area is 158 Å². The van der Waals surface area contributed by atoms with E-state index in [1.54, 1.807) is 29.6 Å². The topological polar surface area (TPSA) is 92.2 Å². The number of piperidine rings is 1. The van der Waals surface area contributed by atoms with E-state index in [9.17, 15) is 9.59 Å². The zero-order chi connectivity index (χ0) is 19.0. The van der Waals surface area contributed by atoms with Gasteiger partial charge in [0.25, 0.3) is 5.91 Å².